The van der Waals surface area contributed by atoms with Gasteiger partial charge in [-0.05, 0) is 37.1 Å². The predicted octanol–water partition coefficient (Wildman–Crippen LogP) is 1.77. The van der Waals surface area contributed by atoms with Gasteiger partial charge in [-0.2, -0.15) is 0 Å². The van der Waals surface area contributed by atoms with Crippen molar-refractivity contribution in [3.8, 4) is 0 Å². The van der Waals surface area contributed by atoms with E-state index in [0.717, 1.165) is 17.7 Å². The summed E-state index contributed by atoms with van der Waals surface area (Å²) in [5, 5.41) is 0.419. The van der Waals surface area contributed by atoms with Crippen LogP contribution in [0.3, 0.4) is 0 Å². The SMILES string of the molecule is C[C@H]1Cc2ccccc2N1C(=O)Cn1cnc2ncccc2c1=O. The largest absolute Gasteiger partial charge is 0.307 e. The molecule has 2 aromatic heterocycles. The molecule has 0 spiro atoms. The van der Waals surface area contributed by atoms with Crippen molar-refractivity contribution in [2.45, 2.75) is 25.9 Å². The van der Waals surface area contributed by atoms with E-state index in [9.17, 15) is 9.59 Å². The van der Waals surface area contributed by atoms with Crippen LogP contribution >= 0.6 is 0 Å². The van der Waals surface area contributed by atoms with E-state index in [2.05, 4.69) is 9.97 Å². The molecule has 1 atom stereocenters. The van der Waals surface area contributed by atoms with E-state index in [-0.39, 0.29) is 24.1 Å². The Morgan fingerprint density at radius 1 is 1.21 bits per heavy atom. The van der Waals surface area contributed by atoms with Crippen LogP contribution in [0, 0.1) is 0 Å². The van der Waals surface area contributed by atoms with Crippen LogP contribution in [0.15, 0.2) is 53.7 Å². The first kappa shape index (κ1) is 14.6. The van der Waals surface area contributed by atoms with Gasteiger partial charge in [-0.3, -0.25) is 14.2 Å². The first-order chi connectivity index (χ1) is 11.6. The van der Waals surface area contributed by atoms with Gasteiger partial charge in [0.05, 0.1) is 5.39 Å². The number of fused-ring (bicyclic) bond motifs is 2. The minimum absolute atomic E-state index is 0.0324. The number of pyridine rings is 1. The Labute approximate surface area is 138 Å². The zero-order valence-corrected chi connectivity index (χ0v) is 13.2. The zero-order valence-electron chi connectivity index (χ0n) is 13.2. The molecule has 3 aromatic rings. The van der Waals surface area contributed by atoms with Crippen LogP contribution < -0.4 is 10.5 Å². The molecule has 1 aliphatic rings. The number of hydrogen-bond donors (Lipinski definition) is 0. The number of nitrogens with zero attached hydrogens (tertiary/aromatic N) is 4. The zero-order chi connectivity index (χ0) is 16.7. The first-order valence-electron chi connectivity index (χ1n) is 7.85. The summed E-state index contributed by atoms with van der Waals surface area (Å²) in [6.45, 7) is 1.98. The number of amides is 1. The summed E-state index contributed by atoms with van der Waals surface area (Å²) >= 11 is 0. The molecule has 120 valence electrons. The first-order valence-corrected chi connectivity index (χ1v) is 7.85. The quantitative estimate of drug-likeness (QED) is 0.722. The van der Waals surface area contributed by atoms with Crippen LogP contribution in [0.4, 0.5) is 5.69 Å². The molecule has 1 aliphatic heterocycles. The van der Waals surface area contributed by atoms with Gasteiger partial charge >= 0.3 is 0 Å². The summed E-state index contributed by atoms with van der Waals surface area (Å²) < 4.78 is 1.35. The number of benzene rings is 1. The van der Waals surface area contributed by atoms with Crippen LogP contribution in [0.1, 0.15) is 12.5 Å². The molecule has 0 fully saturated rings. The Morgan fingerprint density at radius 2 is 2.04 bits per heavy atom. The van der Waals surface area contributed by atoms with Crippen molar-refractivity contribution in [3.63, 3.8) is 0 Å². The topological polar surface area (TPSA) is 68.1 Å². The molecular formula is C18H16N4O2. The van der Waals surface area contributed by atoms with Crippen molar-refractivity contribution in [1.29, 1.82) is 0 Å². The smallest absolute Gasteiger partial charge is 0.263 e. The highest BCUT2D eigenvalue weighted by Gasteiger charge is 2.30. The molecule has 0 aliphatic carbocycles. The van der Waals surface area contributed by atoms with Gasteiger partial charge in [-0.25, -0.2) is 9.97 Å². The molecule has 24 heavy (non-hydrogen) atoms. The monoisotopic (exact) mass is 320 g/mol. The fraction of sp³-hybridized carbons (Fsp3) is 0.222. The van der Waals surface area contributed by atoms with Gasteiger partial charge in [-0.1, -0.05) is 18.2 Å². The van der Waals surface area contributed by atoms with E-state index in [0.29, 0.717) is 11.0 Å². The van der Waals surface area contributed by atoms with Crippen molar-refractivity contribution in [2.24, 2.45) is 0 Å². The van der Waals surface area contributed by atoms with Gasteiger partial charge in [0.1, 0.15) is 12.9 Å². The molecule has 6 heteroatoms. The molecule has 6 nitrogen and oxygen atoms in total. The summed E-state index contributed by atoms with van der Waals surface area (Å²) in [7, 11) is 0. The molecular weight excluding hydrogens is 304 g/mol. The predicted molar refractivity (Wildman–Crippen MR) is 90.9 cm³/mol. The Hall–Kier alpha value is -3.02. The van der Waals surface area contributed by atoms with Crippen molar-refractivity contribution in [1.82, 2.24) is 14.5 Å². The normalized spacial score (nSPS) is 16.4. The lowest BCUT2D eigenvalue weighted by Crippen LogP contribution is -2.40. The number of carbonyl (C=O) groups excluding carboxylic acids is 1. The number of carbonyl (C=O) groups is 1. The third kappa shape index (κ3) is 2.27. The maximum Gasteiger partial charge on any atom is 0.263 e. The molecule has 0 N–H and O–H groups in total. The second-order valence-corrected chi connectivity index (χ2v) is 6.00. The minimum atomic E-state index is -0.249. The highest BCUT2D eigenvalue weighted by atomic mass is 16.2. The summed E-state index contributed by atoms with van der Waals surface area (Å²) in [5.74, 6) is -0.111. The number of rotatable bonds is 2. The minimum Gasteiger partial charge on any atom is -0.307 e. The Balaban J connectivity index is 1.68. The average Bonchev–Trinajstić information content (AvgIpc) is 2.93. The summed E-state index contributed by atoms with van der Waals surface area (Å²) in [5.41, 5.74) is 2.23. The van der Waals surface area contributed by atoms with E-state index in [4.69, 9.17) is 0 Å². The maximum atomic E-state index is 12.8. The standard InChI is InChI=1S/C18H16N4O2/c1-12-9-13-5-2-3-7-15(13)22(12)16(23)10-21-11-20-17-14(18(21)24)6-4-8-19-17/h2-8,11-12H,9-10H2,1H3/t12-/m0/s1. The Morgan fingerprint density at radius 3 is 2.92 bits per heavy atom. The van der Waals surface area contributed by atoms with E-state index >= 15 is 0 Å². The number of anilines is 1. The lowest BCUT2D eigenvalue weighted by molar-refractivity contribution is -0.119. The molecule has 4 rings (SSSR count). The van der Waals surface area contributed by atoms with Crippen LogP contribution in [0.5, 0.6) is 0 Å². The van der Waals surface area contributed by atoms with Gasteiger partial charge < -0.3 is 4.90 Å². The van der Waals surface area contributed by atoms with Gasteiger partial charge in [0.25, 0.3) is 5.56 Å². The van der Waals surface area contributed by atoms with Crippen LogP contribution in [-0.2, 0) is 17.8 Å². The second-order valence-electron chi connectivity index (χ2n) is 6.00. The molecule has 0 bridgehead atoms. The lowest BCUT2D eigenvalue weighted by atomic mass is 10.1. The molecule has 0 saturated carbocycles. The maximum absolute atomic E-state index is 12.8. The highest BCUT2D eigenvalue weighted by Crippen LogP contribution is 2.31. The third-order valence-electron chi connectivity index (χ3n) is 4.38. The summed E-state index contributed by atoms with van der Waals surface area (Å²) in [4.78, 5) is 35.3. The Bertz CT molecular complexity index is 995. The average molecular weight is 320 g/mol. The highest BCUT2D eigenvalue weighted by molar-refractivity contribution is 5.96. The van der Waals surface area contributed by atoms with Gasteiger partial charge in [0, 0.05) is 17.9 Å². The fourth-order valence-corrected chi connectivity index (χ4v) is 3.28. The van der Waals surface area contributed by atoms with Crippen LogP contribution in [-0.4, -0.2) is 26.5 Å². The van der Waals surface area contributed by atoms with Gasteiger partial charge in [0.15, 0.2) is 5.65 Å². The molecule has 1 amide bonds. The summed E-state index contributed by atoms with van der Waals surface area (Å²) in [6.07, 6.45) is 3.81. The van der Waals surface area contributed by atoms with E-state index in [1.165, 1.54) is 10.9 Å². The van der Waals surface area contributed by atoms with Crippen molar-refractivity contribution in [3.05, 3.63) is 64.8 Å². The fourth-order valence-electron chi connectivity index (χ4n) is 3.28. The molecule has 1 aromatic carbocycles. The molecule has 3 heterocycles. The molecule has 0 saturated heterocycles. The van der Waals surface area contributed by atoms with Gasteiger partial charge in [0.2, 0.25) is 5.91 Å². The second kappa shape index (κ2) is 5.56. The van der Waals surface area contributed by atoms with Crippen LogP contribution in [0.25, 0.3) is 11.0 Å². The number of hydrogen-bond acceptors (Lipinski definition) is 4. The van der Waals surface area contributed by atoms with E-state index < -0.39 is 0 Å². The molecule has 0 unspecified atom stereocenters. The summed E-state index contributed by atoms with van der Waals surface area (Å²) in [6, 6.07) is 11.3. The van der Waals surface area contributed by atoms with Crippen molar-refractivity contribution >= 4 is 22.6 Å². The van der Waals surface area contributed by atoms with Crippen molar-refractivity contribution < 1.29 is 4.79 Å². The molecule has 0 radical (unpaired) electrons. The van der Waals surface area contributed by atoms with E-state index in [1.54, 1.807) is 23.2 Å². The number of aromatic nitrogens is 3. The van der Waals surface area contributed by atoms with E-state index in [1.807, 2.05) is 31.2 Å². The Kier molecular flexibility index (Phi) is 3.37. The lowest BCUT2D eigenvalue weighted by Gasteiger charge is -2.23. The number of para-hydroxylation sites is 1. The third-order valence-corrected chi connectivity index (χ3v) is 4.38. The van der Waals surface area contributed by atoms with Crippen molar-refractivity contribution in [2.75, 3.05) is 4.90 Å². The van der Waals surface area contributed by atoms with Gasteiger partial charge in [-0.15, -0.1) is 0 Å². The van der Waals surface area contributed by atoms with Crippen LogP contribution in [0.2, 0.25) is 0 Å².